The third-order valence-electron chi connectivity index (χ3n) is 3.54. The summed E-state index contributed by atoms with van der Waals surface area (Å²) in [5.41, 5.74) is 2.05. The second-order valence-corrected chi connectivity index (χ2v) is 6.77. The molecule has 0 radical (unpaired) electrons. The van der Waals surface area contributed by atoms with E-state index in [1.165, 1.54) is 0 Å². The average Bonchev–Trinajstić information content (AvgIpc) is 2.49. The summed E-state index contributed by atoms with van der Waals surface area (Å²) in [5, 5.41) is 0. The van der Waals surface area contributed by atoms with E-state index in [9.17, 15) is 12.3 Å². The summed E-state index contributed by atoms with van der Waals surface area (Å²) < 4.78 is 41.8. The van der Waals surface area contributed by atoms with E-state index < -0.39 is 10.2 Å². The summed E-state index contributed by atoms with van der Waals surface area (Å²) in [6, 6.07) is 0. The predicted octanol–water partition coefficient (Wildman–Crippen LogP) is 2.98. The van der Waals surface area contributed by atoms with Gasteiger partial charge in [0.05, 0.1) is 0 Å². The molecule has 2 rings (SSSR count). The summed E-state index contributed by atoms with van der Waals surface area (Å²) in [4.78, 5) is -0.194. The van der Waals surface area contributed by atoms with E-state index in [-0.39, 0.29) is 10.5 Å². The Bertz CT molecular complexity index is 630. The monoisotopic (exact) mass is 272 g/mol. The van der Waals surface area contributed by atoms with Gasteiger partial charge in [0.2, 0.25) is 0 Å². The normalized spacial score (nSPS) is 17.4. The molecule has 100 valence electrons. The minimum atomic E-state index is -4.70. The van der Waals surface area contributed by atoms with Crippen LogP contribution < -0.4 is 4.74 Å². The highest BCUT2D eigenvalue weighted by Crippen LogP contribution is 2.43. The molecule has 0 bridgehead atoms. The second-order valence-electron chi connectivity index (χ2n) is 5.49. The molecule has 0 amide bonds. The first-order valence-electron chi connectivity index (χ1n) is 5.81. The highest BCUT2D eigenvalue weighted by Gasteiger charge is 2.36. The first kappa shape index (κ1) is 13.3. The fraction of sp³-hybridized carbons (Fsp3) is 0.538. The number of hydrogen-bond acceptors (Lipinski definition) is 3. The van der Waals surface area contributed by atoms with Crippen LogP contribution in [0.5, 0.6) is 5.75 Å². The van der Waals surface area contributed by atoms with E-state index >= 15 is 0 Å². The highest BCUT2D eigenvalue weighted by molar-refractivity contribution is 7.86. The van der Waals surface area contributed by atoms with Gasteiger partial charge in [-0.05, 0) is 51.3 Å². The van der Waals surface area contributed by atoms with Crippen LogP contribution in [0.25, 0.3) is 0 Å². The molecule has 0 aliphatic carbocycles. The number of halogens is 1. The second kappa shape index (κ2) is 3.70. The van der Waals surface area contributed by atoms with Gasteiger partial charge in [0.1, 0.15) is 16.2 Å². The third-order valence-corrected chi connectivity index (χ3v) is 4.64. The summed E-state index contributed by atoms with van der Waals surface area (Å²) in [7, 11) is -4.70. The minimum absolute atomic E-state index is 0.194. The molecule has 18 heavy (non-hydrogen) atoms. The van der Waals surface area contributed by atoms with Gasteiger partial charge >= 0.3 is 10.2 Å². The Kier molecular flexibility index (Phi) is 2.74. The van der Waals surface area contributed by atoms with Crippen molar-refractivity contribution in [1.29, 1.82) is 0 Å². The molecule has 0 saturated heterocycles. The first-order chi connectivity index (χ1) is 8.04. The minimum Gasteiger partial charge on any atom is -0.487 e. The van der Waals surface area contributed by atoms with E-state index in [2.05, 4.69) is 0 Å². The van der Waals surface area contributed by atoms with Crippen LogP contribution in [0.4, 0.5) is 3.89 Å². The maximum absolute atomic E-state index is 13.4. The molecule has 1 aromatic carbocycles. The molecule has 1 aliphatic heterocycles. The number of rotatable bonds is 1. The van der Waals surface area contributed by atoms with Crippen LogP contribution in [0.3, 0.4) is 0 Å². The molecule has 0 N–H and O–H groups in total. The Morgan fingerprint density at radius 1 is 1.11 bits per heavy atom. The Balaban J connectivity index is 2.83. The summed E-state index contributed by atoms with van der Waals surface area (Å²) in [6.45, 7) is 8.89. The maximum Gasteiger partial charge on any atom is 0.332 e. The molecule has 1 heterocycles. The van der Waals surface area contributed by atoms with Crippen molar-refractivity contribution < 1.29 is 17.0 Å². The molecule has 0 aromatic heterocycles. The largest absolute Gasteiger partial charge is 0.487 e. The molecule has 0 unspecified atom stereocenters. The fourth-order valence-corrected chi connectivity index (χ4v) is 3.62. The van der Waals surface area contributed by atoms with Crippen LogP contribution in [-0.2, 0) is 16.6 Å². The van der Waals surface area contributed by atoms with Gasteiger partial charge in [-0.2, -0.15) is 8.42 Å². The van der Waals surface area contributed by atoms with Crippen LogP contribution in [0.15, 0.2) is 4.90 Å². The lowest BCUT2D eigenvalue weighted by atomic mass is 9.94. The zero-order valence-corrected chi connectivity index (χ0v) is 12.0. The van der Waals surface area contributed by atoms with Crippen molar-refractivity contribution in [2.45, 2.75) is 51.5 Å². The molecular formula is C13H17FO3S. The molecule has 0 atom stereocenters. The molecule has 1 aliphatic rings. The molecule has 1 aromatic rings. The van der Waals surface area contributed by atoms with E-state index in [1.54, 1.807) is 20.8 Å². The van der Waals surface area contributed by atoms with Gasteiger partial charge in [0, 0.05) is 12.0 Å². The molecule has 3 nitrogen and oxygen atoms in total. The lowest BCUT2D eigenvalue weighted by molar-refractivity contribution is 0.137. The lowest BCUT2D eigenvalue weighted by Crippen LogP contribution is -2.24. The molecular weight excluding hydrogens is 255 g/mol. The summed E-state index contributed by atoms with van der Waals surface area (Å²) in [6.07, 6.45) is 0.595. The van der Waals surface area contributed by atoms with Gasteiger partial charge < -0.3 is 4.74 Å². The van der Waals surface area contributed by atoms with Crippen molar-refractivity contribution in [3.8, 4) is 5.75 Å². The molecule has 0 saturated carbocycles. The van der Waals surface area contributed by atoms with E-state index in [1.807, 2.05) is 13.8 Å². The van der Waals surface area contributed by atoms with Crippen LogP contribution in [0, 0.1) is 20.8 Å². The predicted molar refractivity (Wildman–Crippen MR) is 67.4 cm³/mol. The SMILES string of the molecule is Cc1c(C)c(S(=O)(=O)F)c(C)c2c1OC(C)(C)C2. The Hall–Kier alpha value is -1.10. The smallest absolute Gasteiger partial charge is 0.332 e. The number of ether oxygens (including phenoxy) is 1. The Labute approximate surface area is 107 Å². The van der Waals surface area contributed by atoms with Gasteiger partial charge in [-0.1, -0.05) is 0 Å². The van der Waals surface area contributed by atoms with Crippen molar-refractivity contribution in [3.63, 3.8) is 0 Å². The van der Waals surface area contributed by atoms with Crippen LogP contribution in [0.2, 0.25) is 0 Å². The maximum atomic E-state index is 13.4. The van der Waals surface area contributed by atoms with Gasteiger partial charge in [-0.15, -0.1) is 3.89 Å². The van der Waals surface area contributed by atoms with Gasteiger partial charge in [0.25, 0.3) is 0 Å². The van der Waals surface area contributed by atoms with E-state index in [4.69, 9.17) is 4.74 Å². The lowest BCUT2D eigenvalue weighted by Gasteiger charge is -2.18. The zero-order chi connectivity index (χ0) is 13.9. The van der Waals surface area contributed by atoms with Gasteiger partial charge in [0.15, 0.2) is 0 Å². The summed E-state index contributed by atoms with van der Waals surface area (Å²) >= 11 is 0. The topological polar surface area (TPSA) is 43.4 Å². The molecule has 5 heteroatoms. The fourth-order valence-electron chi connectivity index (χ4n) is 2.61. The van der Waals surface area contributed by atoms with Gasteiger partial charge in [-0.25, -0.2) is 0 Å². The van der Waals surface area contributed by atoms with Crippen LogP contribution in [-0.4, -0.2) is 14.0 Å². The number of benzene rings is 1. The van der Waals surface area contributed by atoms with Crippen molar-refractivity contribution in [3.05, 3.63) is 22.3 Å². The van der Waals surface area contributed by atoms with Gasteiger partial charge in [-0.3, -0.25) is 0 Å². The number of hydrogen-bond donors (Lipinski definition) is 0. The number of fused-ring (bicyclic) bond motifs is 1. The molecule has 0 fully saturated rings. The van der Waals surface area contributed by atoms with E-state index in [0.717, 1.165) is 5.56 Å². The van der Waals surface area contributed by atoms with Crippen LogP contribution in [0.1, 0.15) is 36.1 Å². The third kappa shape index (κ3) is 1.90. The van der Waals surface area contributed by atoms with E-state index in [0.29, 0.717) is 28.9 Å². The van der Waals surface area contributed by atoms with Crippen molar-refractivity contribution in [2.75, 3.05) is 0 Å². The van der Waals surface area contributed by atoms with Crippen molar-refractivity contribution in [1.82, 2.24) is 0 Å². The average molecular weight is 272 g/mol. The first-order valence-corrected chi connectivity index (χ1v) is 7.19. The Morgan fingerprint density at radius 2 is 1.67 bits per heavy atom. The summed E-state index contributed by atoms with van der Waals surface area (Å²) in [5.74, 6) is 0.711. The van der Waals surface area contributed by atoms with Crippen molar-refractivity contribution in [2.24, 2.45) is 0 Å². The molecule has 0 spiro atoms. The highest BCUT2D eigenvalue weighted by atomic mass is 32.3. The Morgan fingerprint density at radius 3 is 2.17 bits per heavy atom. The standard InChI is InChI=1S/C13H17FO3S/c1-7-8(2)12(18(14,15)16)9(3)10-6-13(4,5)17-11(7)10/h6H2,1-5H3. The quantitative estimate of drug-likeness (QED) is 0.738. The van der Waals surface area contributed by atoms with Crippen molar-refractivity contribution >= 4 is 10.2 Å². The zero-order valence-electron chi connectivity index (χ0n) is 11.2. The van der Waals surface area contributed by atoms with Crippen LogP contribution >= 0.6 is 0 Å².